The average molecular weight is 429 g/mol. The number of para-hydroxylation sites is 2. The fourth-order valence-corrected chi connectivity index (χ4v) is 2.84. The molecule has 3 rings (SSSR count). The lowest BCUT2D eigenvalue weighted by atomic mass is 10.1. The number of nitro benzene ring substituents is 1. The maximum Gasteiger partial charge on any atom is 0.313 e. The second-order valence-electron chi connectivity index (χ2n) is 5.99. The van der Waals surface area contributed by atoms with Gasteiger partial charge in [-0.2, -0.15) is 0 Å². The van der Waals surface area contributed by atoms with Crippen LogP contribution in [0.25, 0.3) is 0 Å². The molecule has 1 N–H and O–H groups in total. The molecule has 0 heterocycles. The topological polar surface area (TPSA) is 99.9 Å². The molecule has 0 aliphatic rings. The van der Waals surface area contributed by atoms with E-state index in [1.54, 1.807) is 24.3 Å². The third-order valence-corrected chi connectivity index (χ3v) is 4.35. The lowest BCUT2D eigenvalue weighted by molar-refractivity contribution is -0.385. The summed E-state index contributed by atoms with van der Waals surface area (Å²) in [4.78, 5) is 23.3. The minimum absolute atomic E-state index is 0.00563. The van der Waals surface area contributed by atoms with E-state index in [1.165, 1.54) is 50.6 Å². The molecule has 0 saturated carbocycles. The zero-order valence-electron chi connectivity index (χ0n) is 16.0. The van der Waals surface area contributed by atoms with Gasteiger partial charge in [0.15, 0.2) is 11.5 Å². The molecule has 0 radical (unpaired) electrons. The molecule has 0 fully saturated rings. The molecule has 8 nitrogen and oxygen atoms in total. The Kier molecular flexibility index (Phi) is 6.38. The summed E-state index contributed by atoms with van der Waals surface area (Å²) in [6, 6.07) is 15.6. The molecule has 0 aliphatic carbocycles. The number of benzene rings is 3. The minimum Gasteiger partial charge on any atom is -0.495 e. The van der Waals surface area contributed by atoms with Crippen LogP contribution in [-0.4, -0.2) is 25.1 Å². The van der Waals surface area contributed by atoms with Crippen LogP contribution in [0.3, 0.4) is 0 Å². The molecule has 30 heavy (non-hydrogen) atoms. The molecule has 0 saturated heterocycles. The van der Waals surface area contributed by atoms with Crippen molar-refractivity contribution in [2.75, 3.05) is 19.5 Å². The normalized spacial score (nSPS) is 10.2. The third kappa shape index (κ3) is 4.61. The van der Waals surface area contributed by atoms with E-state index < -0.39 is 4.92 Å². The quantitative estimate of drug-likeness (QED) is 0.404. The number of amides is 1. The predicted octanol–water partition coefficient (Wildman–Crippen LogP) is 5.31. The highest BCUT2D eigenvalue weighted by atomic mass is 35.5. The zero-order chi connectivity index (χ0) is 21.7. The van der Waals surface area contributed by atoms with E-state index in [0.717, 1.165) is 0 Å². The van der Waals surface area contributed by atoms with E-state index in [-0.39, 0.29) is 33.9 Å². The molecule has 3 aromatic rings. The number of nitrogens with zero attached hydrogens (tertiary/aromatic N) is 1. The van der Waals surface area contributed by atoms with E-state index in [1.807, 2.05) is 0 Å². The summed E-state index contributed by atoms with van der Waals surface area (Å²) in [5.74, 6) is 0.562. The largest absolute Gasteiger partial charge is 0.495 e. The van der Waals surface area contributed by atoms with Crippen molar-refractivity contribution in [3.05, 3.63) is 81.4 Å². The Morgan fingerprint density at radius 2 is 1.63 bits per heavy atom. The van der Waals surface area contributed by atoms with Gasteiger partial charge in [-0.25, -0.2) is 0 Å². The number of ether oxygens (including phenoxy) is 3. The summed E-state index contributed by atoms with van der Waals surface area (Å²) in [5.41, 5.74) is 0.527. The first kappa shape index (κ1) is 20.9. The van der Waals surface area contributed by atoms with Crippen LogP contribution >= 0.6 is 11.6 Å². The molecule has 0 spiro atoms. The number of nitrogens with one attached hydrogen (secondary N) is 1. The fourth-order valence-electron chi connectivity index (χ4n) is 2.67. The lowest BCUT2D eigenvalue weighted by Crippen LogP contribution is -2.12. The van der Waals surface area contributed by atoms with Gasteiger partial charge in [0, 0.05) is 16.7 Å². The van der Waals surface area contributed by atoms with Crippen molar-refractivity contribution in [2.45, 2.75) is 0 Å². The van der Waals surface area contributed by atoms with E-state index in [0.29, 0.717) is 17.0 Å². The third-order valence-electron chi connectivity index (χ3n) is 4.12. The van der Waals surface area contributed by atoms with Crippen LogP contribution in [-0.2, 0) is 0 Å². The number of methoxy groups -OCH3 is 2. The molecule has 0 aliphatic heterocycles. The number of rotatable bonds is 7. The molecule has 9 heteroatoms. The maximum absolute atomic E-state index is 12.6. The van der Waals surface area contributed by atoms with Gasteiger partial charge in [0.2, 0.25) is 5.75 Å². The van der Waals surface area contributed by atoms with Crippen LogP contribution in [0.2, 0.25) is 5.02 Å². The number of carbonyl (C=O) groups is 1. The van der Waals surface area contributed by atoms with Gasteiger partial charge in [0.05, 0.1) is 24.8 Å². The minimum atomic E-state index is -0.594. The number of halogens is 1. The summed E-state index contributed by atoms with van der Waals surface area (Å²) in [6.45, 7) is 0. The van der Waals surface area contributed by atoms with Crippen molar-refractivity contribution in [3.8, 4) is 23.0 Å². The SMILES string of the molecule is COc1ccccc1NC(=O)c1ccc(Oc2ccc(Cl)cc2[N+](=O)[O-])c(OC)c1. The Labute approximate surface area is 177 Å². The highest BCUT2D eigenvalue weighted by Gasteiger charge is 2.19. The van der Waals surface area contributed by atoms with Crippen molar-refractivity contribution >= 4 is 28.9 Å². The van der Waals surface area contributed by atoms with E-state index in [4.69, 9.17) is 25.8 Å². The highest BCUT2D eigenvalue weighted by Crippen LogP contribution is 2.38. The molecule has 0 unspecified atom stereocenters. The monoisotopic (exact) mass is 428 g/mol. The molecule has 154 valence electrons. The number of nitro groups is 1. The number of hydrogen-bond acceptors (Lipinski definition) is 6. The van der Waals surface area contributed by atoms with Crippen LogP contribution in [0.15, 0.2) is 60.7 Å². The van der Waals surface area contributed by atoms with E-state index >= 15 is 0 Å². The van der Waals surface area contributed by atoms with Gasteiger partial charge in [-0.1, -0.05) is 23.7 Å². The van der Waals surface area contributed by atoms with Gasteiger partial charge < -0.3 is 19.5 Å². The maximum atomic E-state index is 12.6. The second kappa shape index (κ2) is 9.15. The van der Waals surface area contributed by atoms with Crippen molar-refractivity contribution in [1.82, 2.24) is 0 Å². The van der Waals surface area contributed by atoms with E-state index in [2.05, 4.69) is 5.32 Å². The standard InChI is InChI=1S/C21H17ClN2O6/c1-28-17-6-4-3-5-15(17)23-21(25)13-7-9-19(20(11-13)29-2)30-18-10-8-14(22)12-16(18)24(26)27/h3-12H,1-2H3,(H,23,25). The molecule has 0 atom stereocenters. The van der Waals surface area contributed by atoms with Gasteiger partial charge >= 0.3 is 5.69 Å². The summed E-state index contributed by atoms with van der Waals surface area (Å²) < 4.78 is 16.2. The second-order valence-corrected chi connectivity index (χ2v) is 6.43. The van der Waals surface area contributed by atoms with Gasteiger partial charge in [-0.15, -0.1) is 0 Å². The molecule has 3 aromatic carbocycles. The number of anilines is 1. The number of carbonyl (C=O) groups excluding carboxylic acids is 1. The van der Waals surface area contributed by atoms with Gasteiger partial charge in [-0.3, -0.25) is 14.9 Å². The van der Waals surface area contributed by atoms with Crippen LogP contribution in [0.5, 0.6) is 23.0 Å². The van der Waals surface area contributed by atoms with Gasteiger partial charge in [0.1, 0.15) is 5.75 Å². The van der Waals surface area contributed by atoms with Crippen molar-refractivity contribution in [3.63, 3.8) is 0 Å². The van der Waals surface area contributed by atoms with Crippen LogP contribution in [0.1, 0.15) is 10.4 Å². The summed E-state index contributed by atoms with van der Waals surface area (Å²) >= 11 is 5.83. The van der Waals surface area contributed by atoms with Crippen molar-refractivity contribution in [2.24, 2.45) is 0 Å². The Morgan fingerprint density at radius 1 is 0.933 bits per heavy atom. The predicted molar refractivity (Wildman–Crippen MR) is 112 cm³/mol. The first-order chi connectivity index (χ1) is 14.4. The zero-order valence-corrected chi connectivity index (χ0v) is 16.8. The summed E-state index contributed by atoms with van der Waals surface area (Å²) in [5, 5.41) is 14.2. The molecular formula is C21H17ClN2O6. The van der Waals surface area contributed by atoms with Gasteiger partial charge in [-0.05, 0) is 42.5 Å². The first-order valence-electron chi connectivity index (χ1n) is 8.67. The molecular weight excluding hydrogens is 412 g/mol. The first-order valence-corrected chi connectivity index (χ1v) is 9.05. The van der Waals surface area contributed by atoms with Crippen LogP contribution in [0, 0.1) is 10.1 Å². The summed E-state index contributed by atoms with van der Waals surface area (Å²) in [6.07, 6.45) is 0. The Bertz CT molecular complexity index is 1100. The smallest absolute Gasteiger partial charge is 0.313 e. The Hall–Kier alpha value is -3.78. The Morgan fingerprint density at radius 3 is 2.33 bits per heavy atom. The summed E-state index contributed by atoms with van der Waals surface area (Å²) in [7, 11) is 2.91. The average Bonchev–Trinajstić information content (AvgIpc) is 2.75. The van der Waals surface area contributed by atoms with E-state index in [9.17, 15) is 14.9 Å². The van der Waals surface area contributed by atoms with Crippen molar-refractivity contribution in [1.29, 1.82) is 0 Å². The molecule has 0 aromatic heterocycles. The van der Waals surface area contributed by atoms with Gasteiger partial charge in [0.25, 0.3) is 5.91 Å². The van der Waals surface area contributed by atoms with Crippen LogP contribution < -0.4 is 19.5 Å². The fraction of sp³-hybridized carbons (Fsp3) is 0.0952. The van der Waals surface area contributed by atoms with Crippen LogP contribution in [0.4, 0.5) is 11.4 Å². The molecule has 1 amide bonds. The van der Waals surface area contributed by atoms with Crippen molar-refractivity contribution < 1.29 is 23.9 Å². The highest BCUT2D eigenvalue weighted by molar-refractivity contribution is 6.30. The molecule has 0 bridgehead atoms. The Balaban J connectivity index is 1.87. The number of hydrogen-bond donors (Lipinski definition) is 1. The lowest BCUT2D eigenvalue weighted by Gasteiger charge is -2.13.